The number of para-hydroxylation sites is 2. The molecule has 0 saturated carbocycles. The minimum Gasteiger partial charge on any atom is -0.453 e. The predicted molar refractivity (Wildman–Crippen MR) is 69.5 cm³/mol. The van der Waals surface area contributed by atoms with Gasteiger partial charge in [-0.25, -0.2) is 0 Å². The molecule has 86 valence electrons. The van der Waals surface area contributed by atoms with Crippen LogP contribution in [0.2, 0.25) is 0 Å². The van der Waals surface area contributed by atoms with Crippen molar-refractivity contribution in [3.8, 4) is 11.5 Å². The van der Waals surface area contributed by atoms with Crippen LogP contribution in [0, 0.1) is 0 Å². The predicted octanol–water partition coefficient (Wildman–Crippen LogP) is 2.28. The van der Waals surface area contributed by atoms with E-state index in [1.807, 2.05) is 24.3 Å². The number of hydrogen-bond acceptors (Lipinski definition) is 5. The van der Waals surface area contributed by atoms with E-state index in [-0.39, 0.29) is 0 Å². The van der Waals surface area contributed by atoms with Gasteiger partial charge in [0.25, 0.3) is 0 Å². The van der Waals surface area contributed by atoms with Crippen molar-refractivity contribution in [2.45, 2.75) is 0 Å². The van der Waals surface area contributed by atoms with Crippen molar-refractivity contribution < 1.29 is 4.74 Å². The van der Waals surface area contributed by atoms with Crippen LogP contribution in [0.15, 0.2) is 30.3 Å². The molecular formula is C12H12N4O. The van der Waals surface area contributed by atoms with E-state index in [1.165, 1.54) is 0 Å². The molecule has 5 nitrogen and oxygen atoms in total. The van der Waals surface area contributed by atoms with Crippen LogP contribution in [-0.4, -0.2) is 0 Å². The Kier molecular flexibility index (Phi) is 1.82. The molecule has 0 bridgehead atoms. The van der Waals surface area contributed by atoms with Crippen molar-refractivity contribution in [1.82, 2.24) is 0 Å². The number of nitrogen functional groups attached to an aromatic ring is 3. The van der Waals surface area contributed by atoms with Gasteiger partial charge in [0.15, 0.2) is 11.5 Å². The van der Waals surface area contributed by atoms with Gasteiger partial charge in [0, 0.05) is 6.07 Å². The Morgan fingerprint density at radius 2 is 1.71 bits per heavy atom. The number of fused-ring (bicyclic) bond motifs is 2. The van der Waals surface area contributed by atoms with Crippen LogP contribution in [0.1, 0.15) is 0 Å². The highest BCUT2D eigenvalue weighted by Crippen LogP contribution is 2.48. The first-order valence-electron chi connectivity index (χ1n) is 5.18. The summed E-state index contributed by atoms with van der Waals surface area (Å²) in [4.78, 5) is 0. The van der Waals surface area contributed by atoms with Crippen LogP contribution in [0.25, 0.3) is 0 Å². The van der Waals surface area contributed by atoms with E-state index < -0.39 is 0 Å². The fourth-order valence-corrected chi connectivity index (χ4v) is 1.84. The van der Waals surface area contributed by atoms with Crippen LogP contribution in [0.4, 0.5) is 28.4 Å². The zero-order chi connectivity index (χ0) is 12.0. The Hall–Kier alpha value is -2.56. The smallest absolute Gasteiger partial charge is 0.155 e. The molecule has 1 heterocycles. The standard InChI is InChI=1S/C12H12N4O/c13-6-5-9-12(11(15)10(6)14)16-7-3-1-2-4-8(7)17-9/h1-5,16H,13-15H2. The van der Waals surface area contributed by atoms with E-state index in [9.17, 15) is 0 Å². The number of hydrogen-bond donors (Lipinski definition) is 4. The molecule has 1 aliphatic heterocycles. The number of anilines is 5. The van der Waals surface area contributed by atoms with Crippen LogP contribution in [-0.2, 0) is 0 Å². The molecule has 17 heavy (non-hydrogen) atoms. The van der Waals surface area contributed by atoms with E-state index in [1.54, 1.807) is 6.07 Å². The molecule has 0 atom stereocenters. The number of benzene rings is 2. The first-order chi connectivity index (χ1) is 8.16. The molecule has 0 amide bonds. The summed E-state index contributed by atoms with van der Waals surface area (Å²) in [7, 11) is 0. The Labute approximate surface area is 98.2 Å². The normalized spacial score (nSPS) is 12.0. The molecule has 0 unspecified atom stereocenters. The van der Waals surface area contributed by atoms with Gasteiger partial charge in [0.05, 0.1) is 22.7 Å². The van der Waals surface area contributed by atoms with E-state index in [2.05, 4.69) is 5.32 Å². The molecule has 1 aliphatic rings. The molecule has 2 aromatic rings. The number of nitrogens with two attached hydrogens (primary N) is 3. The summed E-state index contributed by atoms with van der Waals surface area (Å²) in [5.74, 6) is 1.33. The molecular weight excluding hydrogens is 216 g/mol. The second-order valence-corrected chi connectivity index (χ2v) is 3.89. The minimum absolute atomic E-state index is 0.374. The Bertz CT molecular complexity index is 610. The van der Waals surface area contributed by atoms with Crippen LogP contribution < -0.4 is 27.3 Å². The second kappa shape index (κ2) is 3.21. The highest BCUT2D eigenvalue weighted by molar-refractivity contribution is 5.95. The van der Waals surface area contributed by atoms with Crippen LogP contribution in [0.3, 0.4) is 0 Å². The average molecular weight is 228 g/mol. The summed E-state index contributed by atoms with van der Waals surface area (Å²) in [6.45, 7) is 0. The molecule has 0 fully saturated rings. The number of ether oxygens (including phenoxy) is 1. The lowest BCUT2D eigenvalue weighted by Gasteiger charge is -2.24. The van der Waals surface area contributed by atoms with Crippen molar-refractivity contribution in [2.24, 2.45) is 0 Å². The zero-order valence-corrected chi connectivity index (χ0v) is 9.03. The van der Waals surface area contributed by atoms with Gasteiger partial charge in [-0.05, 0) is 12.1 Å². The second-order valence-electron chi connectivity index (χ2n) is 3.89. The largest absolute Gasteiger partial charge is 0.453 e. The summed E-state index contributed by atoms with van der Waals surface area (Å²) in [6, 6.07) is 9.26. The van der Waals surface area contributed by atoms with Gasteiger partial charge in [-0.3, -0.25) is 0 Å². The molecule has 0 radical (unpaired) electrons. The van der Waals surface area contributed by atoms with Gasteiger partial charge in [0.1, 0.15) is 5.69 Å². The highest BCUT2D eigenvalue weighted by Gasteiger charge is 2.20. The summed E-state index contributed by atoms with van der Waals surface area (Å²) < 4.78 is 5.72. The first-order valence-corrected chi connectivity index (χ1v) is 5.18. The minimum atomic E-state index is 0.374. The maximum atomic E-state index is 5.91. The van der Waals surface area contributed by atoms with Crippen molar-refractivity contribution in [3.05, 3.63) is 30.3 Å². The van der Waals surface area contributed by atoms with Gasteiger partial charge in [0.2, 0.25) is 0 Å². The zero-order valence-electron chi connectivity index (χ0n) is 9.03. The monoisotopic (exact) mass is 228 g/mol. The lowest BCUT2D eigenvalue weighted by atomic mass is 10.1. The maximum absolute atomic E-state index is 5.91. The lowest BCUT2D eigenvalue weighted by Crippen LogP contribution is -2.09. The highest BCUT2D eigenvalue weighted by atomic mass is 16.5. The summed E-state index contributed by atoms with van der Waals surface area (Å²) in [5.41, 5.74) is 20.2. The number of nitrogens with one attached hydrogen (secondary N) is 1. The maximum Gasteiger partial charge on any atom is 0.155 e. The molecule has 2 aromatic carbocycles. The Balaban J connectivity index is 2.18. The molecule has 0 spiro atoms. The van der Waals surface area contributed by atoms with Gasteiger partial charge in [-0.1, -0.05) is 12.1 Å². The Morgan fingerprint density at radius 1 is 0.941 bits per heavy atom. The van der Waals surface area contributed by atoms with Crippen molar-refractivity contribution in [3.63, 3.8) is 0 Å². The topological polar surface area (TPSA) is 99.3 Å². The van der Waals surface area contributed by atoms with Crippen LogP contribution >= 0.6 is 0 Å². The van der Waals surface area contributed by atoms with Crippen molar-refractivity contribution in [1.29, 1.82) is 0 Å². The van der Waals surface area contributed by atoms with Crippen molar-refractivity contribution >= 4 is 28.4 Å². The number of rotatable bonds is 0. The van der Waals surface area contributed by atoms with E-state index in [0.29, 0.717) is 28.5 Å². The Morgan fingerprint density at radius 3 is 2.53 bits per heavy atom. The fourth-order valence-electron chi connectivity index (χ4n) is 1.84. The third kappa shape index (κ3) is 1.32. The average Bonchev–Trinajstić information content (AvgIpc) is 2.34. The molecule has 0 aromatic heterocycles. The molecule has 3 rings (SSSR count). The SMILES string of the molecule is Nc1cc2c(c(N)c1N)Nc1ccccc1O2. The van der Waals surface area contributed by atoms with E-state index >= 15 is 0 Å². The van der Waals surface area contributed by atoms with Gasteiger partial charge >= 0.3 is 0 Å². The van der Waals surface area contributed by atoms with Gasteiger partial charge in [-0.2, -0.15) is 0 Å². The van der Waals surface area contributed by atoms with Crippen LogP contribution in [0.5, 0.6) is 11.5 Å². The fraction of sp³-hybridized carbons (Fsp3) is 0. The van der Waals surface area contributed by atoms with Gasteiger partial charge in [-0.15, -0.1) is 0 Å². The van der Waals surface area contributed by atoms with Crippen molar-refractivity contribution in [2.75, 3.05) is 22.5 Å². The lowest BCUT2D eigenvalue weighted by molar-refractivity contribution is 0.482. The van der Waals surface area contributed by atoms with E-state index in [0.717, 1.165) is 11.4 Å². The third-order valence-electron chi connectivity index (χ3n) is 2.77. The van der Waals surface area contributed by atoms with E-state index in [4.69, 9.17) is 21.9 Å². The molecule has 0 aliphatic carbocycles. The molecule has 7 N–H and O–H groups in total. The summed E-state index contributed by atoms with van der Waals surface area (Å²) in [5, 5.41) is 3.19. The summed E-state index contributed by atoms with van der Waals surface area (Å²) in [6.07, 6.45) is 0. The van der Waals surface area contributed by atoms with Gasteiger partial charge < -0.3 is 27.3 Å². The molecule has 0 saturated heterocycles. The molecule has 5 heteroatoms. The quantitative estimate of drug-likeness (QED) is 0.442. The third-order valence-corrected chi connectivity index (χ3v) is 2.77. The first kappa shape index (κ1) is 9.65. The summed E-state index contributed by atoms with van der Waals surface area (Å²) >= 11 is 0.